The van der Waals surface area contributed by atoms with E-state index in [1.165, 1.54) is 12.2 Å². The Morgan fingerprint density at radius 3 is 1.19 bits per heavy atom. The lowest BCUT2D eigenvalue weighted by Gasteiger charge is -2.26. The van der Waals surface area contributed by atoms with Gasteiger partial charge in [0.1, 0.15) is 35.9 Å². The Hall–Kier alpha value is -2.64. The monoisotopic (exact) mass is 358 g/mol. The van der Waals surface area contributed by atoms with Crippen LogP contribution in [0.5, 0.6) is 0 Å². The molecule has 0 saturated heterocycles. The Bertz CT molecular complexity index is 676. The lowest BCUT2D eigenvalue weighted by molar-refractivity contribution is -0.0996. The van der Waals surface area contributed by atoms with Crippen molar-refractivity contribution in [1.82, 2.24) is 0 Å². The molecular formula is C20H22O6. The second kappa shape index (κ2) is 9.17. The summed E-state index contributed by atoms with van der Waals surface area (Å²) in [5.41, 5.74) is 1.16. The third kappa shape index (κ3) is 5.18. The van der Waals surface area contributed by atoms with E-state index in [0.717, 1.165) is 0 Å². The van der Waals surface area contributed by atoms with Crippen LogP contribution < -0.4 is 0 Å². The molecule has 0 amide bonds. The minimum Gasteiger partial charge on any atom is -0.509 e. The van der Waals surface area contributed by atoms with Crippen molar-refractivity contribution in [3.8, 4) is 0 Å². The van der Waals surface area contributed by atoms with Gasteiger partial charge in [-0.3, -0.25) is 0 Å². The molecule has 0 fully saturated rings. The molecule has 6 N–H and O–H groups in total. The maximum atomic E-state index is 10.0. The predicted molar refractivity (Wildman–Crippen MR) is 98.1 cm³/mol. The zero-order chi connectivity index (χ0) is 19.1. The molecular weight excluding hydrogens is 336 g/mol. The molecule has 0 radical (unpaired) electrons. The maximum Gasteiger partial charge on any atom is 0.139 e. The summed E-state index contributed by atoms with van der Waals surface area (Å²) in [6.45, 7) is 0. The molecule has 2 rings (SSSR count). The van der Waals surface area contributed by atoms with Gasteiger partial charge in [-0.15, -0.1) is 0 Å². The number of aliphatic hydroxyl groups is 6. The molecule has 6 nitrogen and oxygen atoms in total. The molecule has 2 aromatic rings. The van der Waals surface area contributed by atoms with Crippen LogP contribution in [0.4, 0.5) is 0 Å². The number of rotatable bonds is 7. The molecule has 0 aliphatic heterocycles. The highest BCUT2D eigenvalue weighted by atomic mass is 16.4. The van der Waals surface area contributed by atoms with Crippen LogP contribution in [0, 0.1) is 0 Å². The predicted octanol–water partition coefficient (Wildman–Crippen LogP) is 1.63. The van der Waals surface area contributed by atoms with E-state index in [1.54, 1.807) is 60.7 Å². The van der Waals surface area contributed by atoms with Gasteiger partial charge in [0, 0.05) is 0 Å². The van der Waals surface area contributed by atoms with Crippen molar-refractivity contribution in [1.29, 1.82) is 0 Å². The number of aliphatic hydroxyl groups excluding tert-OH is 6. The van der Waals surface area contributed by atoms with Gasteiger partial charge in [-0.1, -0.05) is 60.7 Å². The molecule has 2 aromatic carbocycles. The molecule has 0 saturated carbocycles. The number of benzene rings is 2. The summed E-state index contributed by atoms with van der Waals surface area (Å²) in [6, 6.07) is 17.2. The van der Waals surface area contributed by atoms with Crippen LogP contribution in [0.25, 0.3) is 12.2 Å². The highest BCUT2D eigenvalue weighted by molar-refractivity contribution is 5.52. The lowest BCUT2D eigenvalue weighted by atomic mass is 9.99. The van der Waals surface area contributed by atoms with Crippen LogP contribution >= 0.6 is 0 Å². The summed E-state index contributed by atoms with van der Waals surface area (Å²) in [5, 5.41) is 59.9. The van der Waals surface area contributed by atoms with Gasteiger partial charge in [-0.25, -0.2) is 0 Å². The fourth-order valence-electron chi connectivity index (χ4n) is 2.33. The second-order valence-electron chi connectivity index (χ2n) is 5.83. The van der Waals surface area contributed by atoms with Crippen LogP contribution in [-0.2, 0) is 0 Å². The Labute approximate surface area is 151 Å². The topological polar surface area (TPSA) is 121 Å². The highest BCUT2D eigenvalue weighted by Crippen LogP contribution is 2.17. The van der Waals surface area contributed by atoms with E-state index in [1.807, 2.05) is 0 Å². The highest BCUT2D eigenvalue weighted by Gasteiger charge is 2.34. The molecule has 0 bridgehead atoms. The third-order valence-corrected chi connectivity index (χ3v) is 3.83. The Balaban J connectivity index is 2.08. The van der Waals surface area contributed by atoms with E-state index in [0.29, 0.717) is 11.1 Å². The van der Waals surface area contributed by atoms with Crippen LogP contribution in [0.2, 0.25) is 0 Å². The molecule has 0 aliphatic rings. The van der Waals surface area contributed by atoms with Gasteiger partial charge in [-0.2, -0.15) is 0 Å². The smallest absolute Gasteiger partial charge is 0.139 e. The van der Waals surface area contributed by atoms with Crippen LogP contribution in [-0.4, -0.2) is 55.1 Å². The zero-order valence-corrected chi connectivity index (χ0v) is 13.9. The van der Waals surface area contributed by atoms with Crippen molar-refractivity contribution in [2.75, 3.05) is 0 Å². The SMILES string of the molecule is OC(=Cc1ccccc1)[C@@H](O)[C@@H](O)[C@H](O)[C@@H](O)/C(O)=C\c1ccccc1. The fourth-order valence-corrected chi connectivity index (χ4v) is 2.33. The quantitative estimate of drug-likeness (QED) is 0.419. The van der Waals surface area contributed by atoms with Gasteiger partial charge in [0.05, 0.1) is 0 Å². The van der Waals surface area contributed by atoms with Crippen LogP contribution in [0.15, 0.2) is 72.2 Å². The average Bonchev–Trinajstić information content (AvgIpc) is 2.67. The molecule has 0 unspecified atom stereocenters. The van der Waals surface area contributed by atoms with Gasteiger partial charge in [-0.05, 0) is 23.3 Å². The molecule has 6 heteroatoms. The summed E-state index contributed by atoms with van der Waals surface area (Å²) in [5.74, 6) is -1.16. The molecule has 26 heavy (non-hydrogen) atoms. The molecule has 0 aliphatic carbocycles. The van der Waals surface area contributed by atoms with Crippen LogP contribution in [0.1, 0.15) is 11.1 Å². The summed E-state index contributed by atoms with van der Waals surface area (Å²) < 4.78 is 0. The zero-order valence-electron chi connectivity index (χ0n) is 13.9. The van der Waals surface area contributed by atoms with E-state index in [4.69, 9.17) is 0 Å². The van der Waals surface area contributed by atoms with Crippen molar-refractivity contribution in [3.63, 3.8) is 0 Å². The summed E-state index contributed by atoms with van der Waals surface area (Å²) in [7, 11) is 0. The molecule has 0 heterocycles. The van der Waals surface area contributed by atoms with Gasteiger partial charge < -0.3 is 30.6 Å². The summed E-state index contributed by atoms with van der Waals surface area (Å²) in [4.78, 5) is 0. The third-order valence-electron chi connectivity index (χ3n) is 3.83. The van der Waals surface area contributed by atoms with E-state index >= 15 is 0 Å². The summed E-state index contributed by atoms with van der Waals surface area (Å²) in [6.07, 6.45) is -5.07. The Kier molecular flexibility index (Phi) is 6.94. The minimum absolute atomic E-state index is 0.582. The first-order valence-corrected chi connectivity index (χ1v) is 8.03. The standard InChI is InChI=1S/C20H22O6/c21-15(11-13-7-3-1-4-8-13)17(23)19(25)20(26)18(24)16(22)12-14-9-5-2-6-10-14/h1-12,17-26H/b15-11+,16-12?/t17-,18+,19+,20+/m0/s1. The van der Waals surface area contributed by atoms with Crippen LogP contribution in [0.3, 0.4) is 0 Å². The number of hydrogen-bond acceptors (Lipinski definition) is 6. The first-order valence-electron chi connectivity index (χ1n) is 8.03. The van der Waals surface area contributed by atoms with Gasteiger partial charge in [0.15, 0.2) is 0 Å². The van der Waals surface area contributed by atoms with E-state index in [2.05, 4.69) is 0 Å². The van der Waals surface area contributed by atoms with Crippen molar-refractivity contribution in [2.45, 2.75) is 24.4 Å². The normalized spacial score (nSPS) is 17.4. The van der Waals surface area contributed by atoms with E-state index in [-0.39, 0.29) is 0 Å². The average molecular weight is 358 g/mol. The molecule has 138 valence electrons. The Morgan fingerprint density at radius 1 is 0.577 bits per heavy atom. The van der Waals surface area contributed by atoms with Crippen molar-refractivity contribution >= 4 is 12.2 Å². The summed E-state index contributed by atoms with van der Waals surface area (Å²) >= 11 is 0. The van der Waals surface area contributed by atoms with E-state index < -0.39 is 35.9 Å². The van der Waals surface area contributed by atoms with E-state index in [9.17, 15) is 30.6 Å². The second-order valence-corrected chi connectivity index (χ2v) is 5.83. The Morgan fingerprint density at radius 2 is 0.885 bits per heavy atom. The largest absolute Gasteiger partial charge is 0.509 e. The molecule has 0 aromatic heterocycles. The van der Waals surface area contributed by atoms with Crippen molar-refractivity contribution in [2.24, 2.45) is 0 Å². The van der Waals surface area contributed by atoms with Gasteiger partial charge in [0.25, 0.3) is 0 Å². The van der Waals surface area contributed by atoms with Crippen molar-refractivity contribution in [3.05, 3.63) is 83.3 Å². The molecule has 4 atom stereocenters. The minimum atomic E-state index is -1.92. The lowest BCUT2D eigenvalue weighted by Crippen LogP contribution is -2.45. The first-order chi connectivity index (χ1) is 12.4. The van der Waals surface area contributed by atoms with Crippen molar-refractivity contribution < 1.29 is 30.6 Å². The van der Waals surface area contributed by atoms with Gasteiger partial charge >= 0.3 is 0 Å². The van der Waals surface area contributed by atoms with Gasteiger partial charge in [0.2, 0.25) is 0 Å². The molecule has 0 spiro atoms. The number of hydrogen-bond donors (Lipinski definition) is 6. The maximum absolute atomic E-state index is 10.0. The first kappa shape index (κ1) is 19.7. The fraction of sp³-hybridized carbons (Fsp3) is 0.200.